The second-order valence-electron chi connectivity index (χ2n) is 10.5. The molecule has 2 N–H and O–H groups in total. The Kier molecular flexibility index (Phi) is 7.84. The van der Waals surface area contributed by atoms with E-state index in [-0.39, 0.29) is 11.1 Å². The maximum Gasteiger partial charge on any atom is 0.419 e. The number of hydrogen-bond donors (Lipinski definition) is 2. The molecule has 0 aliphatic rings. The molecule has 0 radical (unpaired) electrons. The number of halogens is 4. The predicted molar refractivity (Wildman–Crippen MR) is 157 cm³/mol. The third kappa shape index (κ3) is 5.88. The summed E-state index contributed by atoms with van der Waals surface area (Å²) in [5.41, 5.74) is 4.86. The molecule has 5 nitrogen and oxygen atoms in total. The summed E-state index contributed by atoms with van der Waals surface area (Å²) < 4.78 is 54.9. The summed E-state index contributed by atoms with van der Waals surface area (Å²) in [7, 11) is 0. The van der Waals surface area contributed by atoms with Crippen LogP contribution in [0.1, 0.15) is 61.6 Å². The quantitative estimate of drug-likeness (QED) is 0.188. The van der Waals surface area contributed by atoms with E-state index >= 15 is 0 Å². The SMILES string of the molecule is Cc1c(C)n(Cc2ccc(-c3ccccc3C(=O)O)cc2)c2ccc(C(=O)N[C@H](C)c3ccc(C(F)(F)F)c(F)c3)cc12. The molecule has 1 aromatic heterocycles. The van der Waals surface area contributed by atoms with Gasteiger partial charge in [-0.2, -0.15) is 13.2 Å². The zero-order valence-corrected chi connectivity index (χ0v) is 23.6. The van der Waals surface area contributed by atoms with Crippen LogP contribution in [-0.4, -0.2) is 21.6 Å². The number of carbonyl (C=O) groups is 2. The molecule has 1 heterocycles. The number of carboxylic acid groups (broad SMARTS) is 1. The number of hydrogen-bond acceptors (Lipinski definition) is 2. The third-order valence-corrected chi connectivity index (χ3v) is 7.81. The molecule has 220 valence electrons. The van der Waals surface area contributed by atoms with Gasteiger partial charge in [0.2, 0.25) is 0 Å². The Labute approximate surface area is 245 Å². The van der Waals surface area contributed by atoms with Crippen molar-refractivity contribution in [3.63, 3.8) is 0 Å². The molecule has 0 saturated heterocycles. The highest BCUT2D eigenvalue weighted by atomic mass is 19.4. The first-order valence-corrected chi connectivity index (χ1v) is 13.5. The predicted octanol–water partition coefficient (Wildman–Crippen LogP) is 8.32. The number of nitrogens with zero attached hydrogens (tertiary/aromatic N) is 1. The lowest BCUT2D eigenvalue weighted by Gasteiger charge is -2.16. The number of carbonyl (C=O) groups excluding carboxylic acids is 1. The highest BCUT2D eigenvalue weighted by Gasteiger charge is 2.34. The summed E-state index contributed by atoms with van der Waals surface area (Å²) in [6.45, 7) is 6.10. The number of benzene rings is 4. The first kappa shape index (κ1) is 29.6. The number of amides is 1. The van der Waals surface area contributed by atoms with Crippen molar-refractivity contribution in [1.29, 1.82) is 0 Å². The van der Waals surface area contributed by atoms with Crippen LogP contribution >= 0.6 is 0 Å². The van der Waals surface area contributed by atoms with Crippen LogP contribution in [0.25, 0.3) is 22.0 Å². The second kappa shape index (κ2) is 11.4. The molecule has 0 saturated carbocycles. The van der Waals surface area contributed by atoms with Gasteiger partial charge in [0.05, 0.1) is 17.2 Å². The van der Waals surface area contributed by atoms with Gasteiger partial charge in [-0.25, -0.2) is 9.18 Å². The fourth-order valence-electron chi connectivity index (χ4n) is 5.28. The van der Waals surface area contributed by atoms with Crippen molar-refractivity contribution in [3.05, 3.63) is 130 Å². The van der Waals surface area contributed by atoms with Crippen LogP contribution < -0.4 is 5.32 Å². The molecule has 1 atom stereocenters. The fourth-order valence-corrected chi connectivity index (χ4v) is 5.28. The normalized spacial score (nSPS) is 12.3. The molecule has 1 amide bonds. The van der Waals surface area contributed by atoms with Crippen molar-refractivity contribution in [1.82, 2.24) is 9.88 Å². The molecule has 0 unspecified atom stereocenters. The lowest BCUT2D eigenvalue weighted by Crippen LogP contribution is -2.26. The minimum atomic E-state index is -4.80. The van der Waals surface area contributed by atoms with Gasteiger partial charge in [-0.3, -0.25) is 4.79 Å². The zero-order chi connectivity index (χ0) is 31.1. The van der Waals surface area contributed by atoms with Gasteiger partial charge in [0, 0.05) is 28.7 Å². The van der Waals surface area contributed by atoms with E-state index < -0.39 is 35.5 Å². The topological polar surface area (TPSA) is 71.3 Å². The molecule has 0 aliphatic heterocycles. The van der Waals surface area contributed by atoms with Crippen molar-refractivity contribution in [2.45, 2.75) is 39.5 Å². The van der Waals surface area contributed by atoms with Crippen molar-refractivity contribution in [2.24, 2.45) is 0 Å². The summed E-state index contributed by atoms with van der Waals surface area (Å²) in [5.74, 6) is -2.81. The Morgan fingerprint density at radius 1 is 0.930 bits per heavy atom. The zero-order valence-electron chi connectivity index (χ0n) is 23.6. The van der Waals surface area contributed by atoms with Crippen LogP contribution in [0.4, 0.5) is 17.6 Å². The smallest absolute Gasteiger partial charge is 0.419 e. The summed E-state index contributed by atoms with van der Waals surface area (Å²) in [6.07, 6.45) is -4.80. The van der Waals surface area contributed by atoms with Gasteiger partial charge in [-0.15, -0.1) is 0 Å². The highest BCUT2D eigenvalue weighted by molar-refractivity contribution is 5.99. The van der Waals surface area contributed by atoms with Gasteiger partial charge >= 0.3 is 12.1 Å². The van der Waals surface area contributed by atoms with Crippen LogP contribution in [0.5, 0.6) is 0 Å². The maximum atomic E-state index is 14.1. The first-order chi connectivity index (χ1) is 20.3. The average Bonchev–Trinajstić information content (AvgIpc) is 3.21. The lowest BCUT2D eigenvalue weighted by molar-refractivity contribution is -0.140. The summed E-state index contributed by atoms with van der Waals surface area (Å²) in [4.78, 5) is 24.7. The van der Waals surface area contributed by atoms with E-state index in [2.05, 4.69) is 9.88 Å². The summed E-state index contributed by atoms with van der Waals surface area (Å²) >= 11 is 0. The largest absolute Gasteiger partial charge is 0.478 e. The summed E-state index contributed by atoms with van der Waals surface area (Å²) in [6, 6.07) is 21.8. The molecule has 0 aliphatic carbocycles. The first-order valence-electron chi connectivity index (χ1n) is 13.5. The highest BCUT2D eigenvalue weighted by Crippen LogP contribution is 2.33. The molecule has 43 heavy (non-hydrogen) atoms. The standard InChI is InChI=1S/C34H28F4N2O3/c1-19-21(3)40(18-22-8-10-23(11-9-22)26-6-4-5-7-27(26)33(42)43)31-15-13-25(16-28(19)31)32(41)39-20(2)24-12-14-29(30(35)17-24)34(36,37)38/h4-17,20H,18H2,1-3H3,(H,39,41)(H,42,43)/t20-/m1/s1. The van der Waals surface area contributed by atoms with Gasteiger partial charge in [-0.05, 0) is 85.0 Å². The van der Waals surface area contributed by atoms with Crippen molar-refractivity contribution in [2.75, 3.05) is 0 Å². The fraction of sp³-hybridized carbons (Fsp3) is 0.176. The molecule has 0 fully saturated rings. The summed E-state index contributed by atoms with van der Waals surface area (Å²) in [5, 5.41) is 13.1. The molecule has 0 bridgehead atoms. The number of rotatable bonds is 7. The van der Waals surface area contributed by atoms with Gasteiger partial charge in [0.25, 0.3) is 5.91 Å². The van der Waals surface area contributed by atoms with Crippen molar-refractivity contribution >= 4 is 22.8 Å². The van der Waals surface area contributed by atoms with E-state index in [0.717, 1.165) is 45.4 Å². The Bertz CT molecular complexity index is 1860. The number of alkyl halides is 3. The maximum absolute atomic E-state index is 14.1. The Morgan fingerprint density at radius 3 is 2.28 bits per heavy atom. The van der Waals surface area contributed by atoms with E-state index in [1.165, 1.54) is 0 Å². The van der Waals surface area contributed by atoms with E-state index in [1.807, 2.05) is 44.2 Å². The van der Waals surface area contributed by atoms with Gasteiger partial charge in [-0.1, -0.05) is 48.5 Å². The minimum absolute atomic E-state index is 0.218. The molecule has 0 spiro atoms. The van der Waals surface area contributed by atoms with E-state index in [9.17, 15) is 32.3 Å². The van der Waals surface area contributed by atoms with Crippen LogP contribution in [0.15, 0.2) is 84.9 Å². The van der Waals surface area contributed by atoms with E-state index in [0.29, 0.717) is 23.7 Å². The molecule has 9 heteroatoms. The van der Waals surface area contributed by atoms with Gasteiger partial charge < -0.3 is 15.0 Å². The molecule has 5 aromatic rings. The second-order valence-corrected chi connectivity index (χ2v) is 10.5. The third-order valence-electron chi connectivity index (χ3n) is 7.81. The average molecular weight is 589 g/mol. The van der Waals surface area contributed by atoms with E-state index in [4.69, 9.17) is 0 Å². The van der Waals surface area contributed by atoms with Crippen LogP contribution in [0.2, 0.25) is 0 Å². The van der Waals surface area contributed by atoms with Gasteiger partial charge in [0.15, 0.2) is 0 Å². The van der Waals surface area contributed by atoms with Crippen LogP contribution in [0.3, 0.4) is 0 Å². The number of aryl methyl sites for hydroxylation is 1. The van der Waals surface area contributed by atoms with Crippen molar-refractivity contribution < 1.29 is 32.3 Å². The van der Waals surface area contributed by atoms with Crippen LogP contribution in [0, 0.1) is 19.7 Å². The number of aromatic nitrogens is 1. The Morgan fingerprint density at radius 2 is 1.63 bits per heavy atom. The van der Waals surface area contributed by atoms with Crippen molar-refractivity contribution in [3.8, 4) is 11.1 Å². The number of fused-ring (bicyclic) bond motifs is 1. The molecule has 5 rings (SSSR count). The van der Waals surface area contributed by atoms with E-state index in [1.54, 1.807) is 43.3 Å². The number of carboxylic acids is 1. The Balaban J connectivity index is 1.36. The Hall–Kier alpha value is -4.92. The van der Waals surface area contributed by atoms with Crippen LogP contribution in [-0.2, 0) is 12.7 Å². The number of nitrogens with one attached hydrogen (secondary N) is 1. The molecular formula is C34H28F4N2O3. The van der Waals surface area contributed by atoms with Gasteiger partial charge in [0.1, 0.15) is 5.82 Å². The monoisotopic (exact) mass is 588 g/mol. The molecule has 4 aromatic carbocycles. The lowest BCUT2D eigenvalue weighted by atomic mass is 9.99. The molecular weight excluding hydrogens is 560 g/mol. The number of aromatic carboxylic acids is 1. The minimum Gasteiger partial charge on any atom is -0.478 e.